The third-order valence-corrected chi connectivity index (χ3v) is 4.90. The standard InChI is InChI=1S/C21H15ClN4O4/c22-15-4-1-13(2-5-15)3-6-16-9-20-23-11-14(12-25(20)24-16)21(28)18-10-17(26(29)30)7-8-19(18)27/h1-2,4-5,7-12,27H,3,6H2. The first-order valence-corrected chi connectivity index (χ1v) is 9.39. The van der Waals surface area contributed by atoms with Gasteiger partial charge in [0, 0.05) is 35.6 Å². The van der Waals surface area contributed by atoms with Crippen molar-refractivity contribution in [1.29, 1.82) is 0 Å². The highest BCUT2D eigenvalue weighted by Gasteiger charge is 2.19. The summed E-state index contributed by atoms with van der Waals surface area (Å²) in [5, 5.41) is 26.1. The van der Waals surface area contributed by atoms with Gasteiger partial charge < -0.3 is 5.11 Å². The Hall–Kier alpha value is -3.78. The first kappa shape index (κ1) is 19.5. The molecule has 0 atom stereocenters. The van der Waals surface area contributed by atoms with E-state index in [-0.39, 0.29) is 22.6 Å². The van der Waals surface area contributed by atoms with Crippen LogP contribution in [0.1, 0.15) is 27.2 Å². The molecule has 4 aromatic rings. The summed E-state index contributed by atoms with van der Waals surface area (Å²) < 4.78 is 1.48. The third-order valence-electron chi connectivity index (χ3n) is 4.64. The number of non-ortho nitro benzene ring substituents is 1. The Morgan fingerprint density at radius 3 is 2.63 bits per heavy atom. The molecule has 0 aliphatic carbocycles. The summed E-state index contributed by atoms with van der Waals surface area (Å²) in [7, 11) is 0. The Balaban J connectivity index is 1.58. The van der Waals surface area contributed by atoms with Gasteiger partial charge in [0.15, 0.2) is 11.4 Å². The second-order valence-electron chi connectivity index (χ2n) is 6.70. The number of hydrogen-bond donors (Lipinski definition) is 1. The van der Waals surface area contributed by atoms with E-state index in [9.17, 15) is 20.0 Å². The van der Waals surface area contributed by atoms with Crippen molar-refractivity contribution in [3.05, 3.63) is 98.4 Å². The highest BCUT2D eigenvalue weighted by atomic mass is 35.5. The molecule has 0 saturated carbocycles. The van der Waals surface area contributed by atoms with Crippen LogP contribution in [0.15, 0.2) is 60.9 Å². The van der Waals surface area contributed by atoms with E-state index in [4.69, 9.17) is 11.6 Å². The second kappa shape index (κ2) is 7.92. The van der Waals surface area contributed by atoms with E-state index in [0.29, 0.717) is 17.1 Å². The summed E-state index contributed by atoms with van der Waals surface area (Å²) in [5.74, 6) is -0.918. The molecular formula is C21H15ClN4O4. The molecule has 0 bridgehead atoms. The third kappa shape index (κ3) is 3.99. The smallest absolute Gasteiger partial charge is 0.270 e. The van der Waals surface area contributed by atoms with Gasteiger partial charge in [0.2, 0.25) is 0 Å². The maximum Gasteiger partial charge on any atom is 0.270 e. The molecule has 2 aromatic heterocycles. The van der Waals surface area contributed by atoms with Crippen molar-refractivity contribution in [3.8, 4) is 5.75 Å². The molecule has 8 nitrogen and oxygen atoms in total. The summed E-state index contributed by atoms with van der Waals surface area (Å²) >= 11 is 5.90. The molecule has 150 valence electrons. The van der Waals surface area contributed by atoms with Crippen LogP contribution in [0, 0.1) is 10.1 Å². The van der Waals surface area contributed by atoms with Crippen molar-refractivity contribution >= 4 is 28.7 Å². The van der Waals surface area contributed by atoms with Gasteiger partial charge in [0.1, 0.15) is 5.75 Å². The average molecular weight is 423 g/mol. The van der Waals surface area contributed by atoms with Crippen molar-refractivity contribution in [1.82, 2.24) is 14.6 Å². The van der Waals surface area contributed by atoms with Crippen molar-refractivity contribution in [3.63, 3.8) is 0 Å². The zero-order valence-corrected chi connectivity index (χ0v) is 16.3. The van der Waals surface area contributed by atoms with Gasteiger partial charge in [0.25, 0.3) is 5.69 Å². The van der Waals surface area contributed by atoms with E-state index in [1.165, 1.54) is 16.9 Å². The number of nitro benzene ring substituents is 1. The summed E-state index contributed by atoms with van der Waals surface area (Å²) in [6.07, 6.45) is 4.31. The lowest BCUT2D eigenvalue weighted by Gasteiger charge is -2.04. The van der Waals surface area contributed by atoms with Crippen LogP contribution in [0.2, 0.25) is 5.02 Å². The summed E-state index contributed by atoms with van der Waals surface area (Å²) in [6, 6.07) is 12.7. The second-order valence-corrected chi connectivity index (χ2v) is 7.13. The quantitative estimate of drug-likeness (QED) is 0.285. The van der Waals surface area contributed by atoms with Gasteiger partial charge in [-0.2, -0.15) is 5.10 Å². The maximum atomic E-state index is 12.8. The predicted octanol–water partition coefficient (Wildman–Crippen LogP) is 4.01. The van der Waals surface area contributed by atoms with Gasteiger partial charge in [0.05, 0.1) is 21.7 Å². The number of nitrogens with zero attached hydrogens (tertiary/aromatic N) is 4. The molecule has 0 aliphatic heterocycles. The van der Waals surface area contributed by atoms with Crippen molar-refractivity contribution in [2.45, 2.75) is 12.8 Å². The molecule has 30 heavy (non-hydrogen) atoms. The Kier molecular flexibility index (Phi) is 5.16. The predicted molar refractivity (Wildman–Crippen MR) is 110 cm³/mol. The first-order chi connectivity index (χ1) is 14.4. The number of halogens is 1. The van der Waals surface area contributed by atoms with Crippen LogP contribution in [0.4, 0.5) is 5.69 Å². The number of benzene rings is 2. The Labute approximate surface area is 175 Å². The van der Waals surface area contributed by atoms with Crippen LogP contribution in [0.3, 0.4) is 0 Å². The number of carbonyl (C=O) groups is 1. The van der Waals surface area contributed by atoms with Gasteiger partial charge in [-0.15, -0.1) is 0 Å². The molecule has 9 heteroatoms. The Morgan fingerprint density at radius 2 is 1.90 bits per heavy atom. The fraction of sp³-hybridized carbons (Fsp3) is 0.0952. The minimum atomic E-state index is -0.627. The molecule has 0 fully saturated rings. The highest BCUT2D eigenvalue weighted by Crippen LogP contribution is 2.25. The lowest BCUT2D eigenvalue weighted by Crippen LogP contribution is -2.06. The lowest BCUT2D eigenvalue weighted by molar-refractivity contribution is -0.384. The zero-order chi connectivity index (χ0) is 21.3. The number of rotatable bonds is 6. The van der Waals surface area contributed by atoms with Gasteiger partial charge >= 0.3 is 0 Å². The molecule has 0 saturated heterocycles. The van der Waals surface area contributed by atoms with E-state index >= 15 is 0 Å². The maximum absolute atomic E-state index is 12.8. The molecule has 0 unspecified atom stereocenters. The van der Waals surface area contributed by atoms with Crippen molar-refractivity contribution in [2.75, 3.05) is 0 Å². The molecule has 0 spiro atoms. The van der Waals surface area contributed by atoms with E-state index in [0.717, 1.165) is 35.9 Å². The zero-order valence-electron chi connectivity index (χ0n) is 15.5. The monoisotopic (exact) mass is 422 g/mol. The molecule has 2 aromatic carbocycles. The number of aromatic nitrogens is 3. The summed E-state index contributed by atoms with van der Waals surface area (Å²) in [6.45, 7) is 0. The van der Waals surface area contributed by atoms with Gasteiger partial charge in [-0.1, -0.05) is 23.7 Å². The highest BCUT2D eigenvalue weighted by molar-refractivity contribution is 6.30. The fourth-order valence-corrected chi connectivity index (χ4v) is 3.19. The van der Waals surface area contributed by atoms with E-state index < -0.39 is 10.7 Å². The van der Waals surface area contributed by atoms with Crippen LogP contribution in [0.5, 0.6) is 5.75 Å². The SMILES string of the molecule is O=C(c1cnc2cc(CCc3ccc(Cl)cc3)nn2c1)c1cc([N+](=O)[O-])ccc1O. The number of aryl methyl sites for hydroxylation is 2. The van der Waals surface area contributed by atoms with Crippen LogP contribution in [-0.2, 0) is 12.8 Å². The first-order valence-electron chi connectivity index (χ1n) is 9.01. The van der Waals surface area contributed by atoms with Crippen LogP contribution < -0.4 is 0 Å². The number of phenolic OH excluding ortho intramolecular Hbond substituents is 1. The lowest BCUT2D eigenvalue weighted by atomic mass is 10.0. The summed E-state index contributed by atoms with van der Waals surface area (Å²) in [5.41, 5.74) is 2.21. The molecule has 2 heterocycles. The number of hydrogen-bond acceptors (Lipinski definition) is 6. The number of ketones is 1. The molecule has 0 amide bonds. The van der Waals surface area contributed by atoms with E-state index in [2.05, 4.69) is 10.1 Å². The topological polar surface area (TPSA) is 111 Å². The Morgan fingerprint density at radius 1 is 1.13 bits per heavy atom. The molecule has 4 rings (SSSR count). The van der Waals surface area contributed by atoms with E-state index in [1.807, 2.05) is 30.3 Å². The van der Waals surface area contributed by atoms with Gasteiger partial charge in [-0.05, 0) is 36.6 Å². The normalized spacial score (nSPS) is 11.0. The van der Waals surface area contributed by atoms with Crippen LogP contribution >= 0.6 is 11.6 Å². The Bertz CT molecular complexity index is 1270. The molecule has 0 radical (unpaired) electrons. The van der Waals surface area contributed by atoms with Crippen LogP contribution in [0.25, 0.3) is 5.65 Å². The van der Waals surface area contributed by atoms with Crippen molar-refractivity contribution in [2.24, 2.45) is 0 Å². The largest absolute Gasteiger partial charge is 0.507 e. The van der Waals surface area contributed by atoms with Crippen LogP contribution in [-0.4, -0.2) is 30.4 Å². The number of carbonyl (C=O) groups excluding carboxylic acids is 1. The fourth-order valence-electron chi connectivity index (χ4n) is 3.06. The molecular weight excluding hydrogens is 408 g/mol. The van der Waals surface area contributed by atoms with Gasteiger partial charge in [-0.3, -0.25) is 14.9 Å². The van der Waals surface area contributed by atoms with E-state index in [1.54, 1.807) is 0 Å². The van der Waals surface area contributed by atoms with Crippen molar-refractivity contribution < 1.29 is 14.8 Å². The molecule has 1 N–H and O–H groups in total. The molecule has 0 aliphatic rings. The average Bonchev–Trinajstić information content (AvgIpc) is 3.15. The summed E-state index contributed by atoms with van der Waals surface area (Å²) in [4.78, 5) is 27.3. The number of nitro groups is 1. The minimum absolute atomic E-state index is 0.158. The minimum Gasteiger partial charge on any atom is -0.507 e. The van der Waals surface area contributed by atoms with Gasteiger partial charge in [-0.25, -0.2) is 9.50 Å². The number of phenols is 1. The number of fused-ring (bicyclic) bond motifs is 1. The number of aromatic hydroxyl groups is 1.